The van der Waals surface area contributed by atoms with E-state index < -0.39 is 0 Å². The molecule has 1 fully saturated rings. The number of hydrogen-bond acceptors (Lipinski definition) is 3. The highest BCUT2D eigenvalue weighted by atomic mass is 16.2. The van der Waals surface area contributed by atoms with Crippen LogP contribution in [0.4, 0.5) is 0 Å². The lowest BCUT2D eigenvalue weighted by atomic mass is 9.98. The number of hydrogen-bond donors (Lipinski definition) is 0. The number of nitrogens with zero attached hydrogens (tertiary/aromatic N) is 4. The number of likely N-dealkylation sites (tertiary alicyclic amines) is 1. The fourth-order valence-corrected chi connectivity index (χ4v) is 2.09. The van der Waals surface area contributed by atoms with E-state index in [4.69, 9.17) is 0 Å². The van der Waals surface area contributed by atoms with E-state index in [1.807, 2.05) is 6.92 Å². The molecular formula is C12H18N4O2. The number of aryl methyl sites for hydroxylation is 1. The Kier molecular flexibility index (Phi) is 3.36. The highest BCUT2D eigenvalue weighted by Crippen LogP contribution is 2.20. The normalized spacial score (nSPS) is 15.4. The average molecular weight is 250 g/mol. The van der Waals surface area contributed by atoms with Gasteiger partial charge in [-0.3, -0.25) is 14.3 Å². The van der Waals surface area contributed by atoms with Crippen LogP contribution in [0.2, 0.25) is 0 Å². The van der Waals surface area contributed by atoms with Crippen LogP contribution in [0.1, 0.15) is 17.4 Å². The van der Waals surface area contributed by atoms with E-state index in [1.54, 1.807) is 40.8 Å². The number of carbonyl (C=O) groups is 2. The topological polar surface area (TPSA) is 58.4 Å². The summed E-state index contributed by atoms with van der Waals surface area (Å²) in [4.78, 5) is 27.1. The molecule has 0 N–H and O–H groups in total. The second kappa shape index (κ2) is 4.80. The van der Waals surface area contributed by atoms with Gasteiger partial charge in [0.1, 0.15) is 5.69 Å². The molecule has 1 aromatic rings. The van der Waals surface area contributed by atoms with Gasteiger partial charge < -0.3 is 9.80 Å². The first kappa shape index (κ1) is 12.6. The zero-order valence-corrected chi connectivity index (χ0v) is 11.0. The summed E-state index contributed by atoms with van der Waals surface area (Å²) in [7, 11) is 3.47. The van der Waals surface area contributed by atoms with Crippen molar-refractivity contribution in [1.82, 2.24) is 19.6 Å². The van der Waals surface area contributed by atoms with Crippen LogP contribution in [-0.4, -0.2) is 58.6 Å². The van der Waals surface area contributed by atoms with Crippen molar-refractivity contribution in [1.29, 1.82) is 0 Å². The Labute approximate surface area is 106 Å². The van der Waals surface area contributed by atoms with Crippen molar-refractivity contribution in [3.05, 3.63) is 18.0 Å². The molecule has 0 unspecified atom stereocenters. The Balaban J connectivity index is 1.97. The van der Waals surface area contributed by atoms with Crippen LogP contribution in [-0.2, 0) is 11.3 Å². The summed E-state index contributed by atoms with van der Waals surface area (Å²) in [5, 5.41) is 4.07. The maximum atomic E-state index is 12.1. The fourth-order valence-electron chi connectivity index (χ4n) is 2.09. The average Bonchev–Trinajstić information content (AvgIpc) is 2.74. The smallest absolute Gasteiger partial charge is 0.272 e. The summed E-state index contributed by atoms with van der Waals surface area (Å²) in [6.07, 6.45) is 1.62. The van der Waals surface area contributed by atoms with Crippen molar-refractivity contribution in [2.24, 2.45) is 5.92 Å². The molecule has 18 heavy (non-hydrogen) atoms. The van der Waals surface area contributed by atoms with Gasteiger partial charge in [-0.1, -0.05) is 0 Å². The monoisotopic (exact) mass is 250 g/mol. The minimum atomic E-state index is -0.0538. The van der Waals surface area contributed by atoms with Crippen molar-refractivity contribution in [2.45, 2.75) is 13.5 Å². The molecule has 1 saturated heterocycles. The largest absolute Gasteiger partial charge is 0.348 e. The van der Waals surface area contributed by atoms with Crippen molar-refractivity contribution in [3.8, 4) is 0 Å². The lowest BCUT2D eigenvalue weighted by Gasteiger charge is -2.39. The third kappa shape index (κ3) is 2.10. The minimum Gasteiger partial charge on any atom is -0.348 e. The van der Waals surface area contributed by atoms with E-state index >= 15 is 0 Å². The second-order valence-corrected chi connectivity index (χ2v) is 4.67. The molecule has 0 aromatic carbocycles. The molecule has 0 aliphatic carbocycles. The second-order valence-electron chi connectivity index (χ2n) is 4.67. The lowest BCUT2D eigenvalue weighted by Crippen LogP contribution is -2.55. The van der Waals surface area contributed by atoms with Gasteiger partial charge in [-0.2, -0.15) is 5.10 Å². The SMILES string of the molecule is CCn1nccc1C(=O)N1CC(C(=O)N(C)C)C1. The van der Waals surface area contributed by atoms with Crippen molar-refractivity contribution in [3.63, 3.8) is 0 Å². The van der Waals surface area contributed by atoms with Crippen LogP contribution >= 0.6 is 0 Å². The van der Waals surface area contributed by atoms with Gasteiger partial charge in [-0.25, -0.2) is 0 Å². The molecule has 98 valence electrons. The summed E-state index contributed by atoms with van der Waals surface area (Å²) in [5.41, 5.74) is 0.591. The Morgan fingerprint density at radius 1 is 1.44 bits per heavy atom. The number of amides is 2. The first-order chi connectivity index (χ1) is 8.54. The minimum absolute atomic E-state index is 0.0443. The van der Waals surface area contributed by atoms with Crippen molar-refractivity contribution >= 4 is 11.8 Å². The zero-order valence-electron chi connectivity index (χ0n) is 11.0. The third-order valence-electron chi connectivity index (χ3n) is 3.19. The first-order valence-electron chi connectivity index (χ1n) is 6.06. The standard InChI is InChI=1S/C12H18N4O2/c1-4-16-10(5-6-13-16)12(18)15-7-9(8-15)11(17)14(2)3/h5-6,9H,4,7-8H2,1-3H3. The molecule has 0 atom stereocenters. The molecule has 0 spiro atoms. The van der Waals surface area contributed by atoms with Gasteiger partial charge in [0, 0.05) is 39.9 Å². The molecule has 6 heteroatoms. The van der Waals surface area contributed by atoms with Gasteiger partial charge in [-0.05, 0) is 13.0 Å². The van der Waals surface area contributed by atoms with E-state index in [2.05, 4.69) is 5.10 Å². The molecular weight excluding hydrogens is 232 g/mol. The highest BCUT2D eigenvalue weighted by Gasteiger charge is 2.37. The lowest BCUT2D eigenvalue weighted by molar-refractivity contribution is -0.137. The van der Waals surface area contributed by atoms with Gasteiger partial charge in [0.2, 0.25) is 5.91 Å². The summed E-state index contributed by atoms with van der Waals surface area (Å²) in [6.45, 7) is 3.62. The van der Waals surface area contributed by atoms with Crippen LogP contribution in [0, 0.1) is 5.92 Å². The van der Waals surface area contributed by atoms with Gasteiger partial charge >= 0.3 is 0 Å². The molecule has 0 bridgehead atoms. The number of rotatable bonds is 3. The van der Waals surface area contributed by atoms with Crippen LogP contribution in [0.3, 0.4) is 0 Å². The maximum absolute atomic E-state index is 12.1. The molecule has 1 aromatic heterocycles. The summed E-state index contributed by atoms with van der Waals surface area (Å²) >= 11 is 0. The predicted octanol–water partition coefficient (Wildman–Crippen LogP) is 0.0632. The van der Waals surface area contributed by atoms with E-state index in [0.29, 0.717) is 25.3 Å². The molecule has 2 amide bonds. The molecule has 2 heterocycles. The fraction of sp³-hybridized carbons (Fsp3) is 0.583. The Morgan fingerprint density at radius 2 is 2.11 bits per heavy atom. The number of aromatic nitrogens is 2. The zero-order chi connectivity index (χ0) is 13.3. The van der Waals surface area contributed by atoms with Crippen LogP contribution in [0.15, 0.2) is 12.3 Å². The van der Waals surface area contributed by atoms with Gasteiger partial charge in [0.15, 0.2) is 0 Å². The molecule has 1 aliphatic heterocycles. The van der Waals surface area contributed by atoms with Gasteiger partial charge in [0.05, 0.1) is 5.92 Å². The summed E-state index contributed by atoms with van der Waals surface area (Å²) in [6, 6.07) is 1.72. The Morgan fingerprint density at radius 3 is 2.67 bits per heavy atom. The predicted molar refractivity (Wildman–Crippen MR) is 66.0 cm³/mol. The third-order valence-corrected chi connectivity index (χ3v) is 3.19. The van der Waals surface area contributed by atoms with Crippen LogP contribution < -0.4 is 0 Å². The number of carbonyl (C=O) groups excluding carboxylic acids is 2. The van der Waals surface area contributed by atoms with Gasteiger partial charge in [-0.15, -0.1) is 0 Å². The molecule has 0 saturated carbocycles. The van der Waals surface area contributed by atoms with Crippen LogP contribution in [0.5, 0.6) is 0 Å². The maximum Gasteiger partial charge on any atom is 0.272 e. The van der Waals surface area contributed by atoms with E-state index in [-0.39, 0.29) is 17.7 Å². The Bertz CT molecular complexity index is 460. The summed E-state index contributed by atoms with van der Waals surface area (Å²) in [5.74, 6) is -0.0119. The highest BCUT2D eigenvalue weighted by molar-refractivity contribution is 5.94. The molecule has 1 aliphatic rings. The first-order valence-corrected chi connectivity index (χ1v) is 6.06. The van der Waals surface area contributed by atoms with E-state index in [0.717, 1.165) is 0 Å². The van der Waals surface area contributed by atoms with Gasteiger partial charge in [0.25, 0.3) is 5.91 Å². The molecule has 2 rings (SSSR count). The van der Waals surface area contributed by atoms with E-state index in [1.165, 1.54) is 0 Å². The quantitative estimate of drug-likeness (QED) is 0.762. The van der Waals surface area contributed by atoms with E-state index in [9.17, 15) is 9.59 Å². The molecule has 6 nitrogen and oxygen atoms in total. The van der Waals surface area contributed by atoms with Crippen LogP contribution in [0.25, 0.3) is 0 Å². The summed E-state index contributed by atoms with van der Waals surface area (Å²) < 4.78 is 1.67. The van der Waals surface area contributed by atoms with Crippen molar-refractivity contribution in [2.75, 3.05) is 27.2 Å². The molecule has 0 radical (unpaired) electrons. The Hall–Kier alpha value is -1.85. The van der Waals surface area contributed by atoms with Crippen molar-refractivity contribution < 1.29 is 9.59 Å².